The summed E-state index contributed by atoms with van der Waals surface area (Å²) in [5.41, 5.74) is 1.13. The second-order valence-corrected chi connectivity index (χ2v) is 5.16. The Morgan fingerprint density at radius 3 is 2.50 bits per heavy atom. The van der Waals surface area contributed by atoms with Gasteiger partial charge in [-0.3, -0.25) is 4.79 Å². The summed E-state index contributed by atoms with van der Waals surface area (Å²) >= 11 is 0. The van der Waals surface area contributed by atoms with E-state index in [1.807, 2.05) is 0 Å². The van der Waals surface area contributed by atoms with Crippen LogP contribution in [0, 0.1) is 19.7 Å². The molecule has 0 aromatic heterocycles. The summed E-state index contributed by atoms with van der Waals surface area (Å²) in [5, 5.41) is 5.18. The maximum Gasteiger partial charge on any atom is 0.270 e. The predicted octanol–water partition coefficient (Wildman–Crippen LogP) is 2.17. The first-order valence-corrected chi connectivity index (χ1v) is 6.47. The second-order valence-electron chi connectivity index (χ2n) is 5.16. The molecule has 0 spiro atoms. The van der Waals surface area contributed by atoms with Crippen LogP contribution in [0.5, 0.6) is 0 Å². The first kappa shape index (κ1) is 14.8. The predicted molar refractivity (Wildman–Crippen MR) is 69.6 cm³/mol. The number of carbonyl (C=O) groups is 1. The molecule has 1 fully saturated rings. The highest BCUT2D eigenvalue weighted by Crippen LogP contribution is 2.26. The largest absolute Gasteiger partial charge is 0.342 e. The fourth-order valence-corrected chi connectivity index (χ4v) is 2.48. The summed E-state index contributed by atoms with van der Waals surface area (Å²) in [7, 11) is 0. The molecular weight excluding hydrogens is 269 g/mol. The Labute approximate surface area is 115 Å². The topological polar surface area (TPSA) is 41.1 Å². The molecule has 110 valence electrons. The van der Waals surface area contributed by atoms with E-state index in [1.54, 1.807) is 13.8 Å². The summed E-state index contributed by atoms with van der Waals surface area (Å²) < 4.78 is 40.6. The molecule has 1 aliphatic heterocycles. The molecule has 1 saturated heterocycles. The minimum Gasteiger partial charge on any atom is -0.342 e. The molecule has 3 nitrogen and oxygen atoms in total. The average Bonchev–Trinajstić information content (AvgIpc) is 2.30. The van der Waals surface area contributed by atoms with E-state index in [4.69, 9.17) is 0 Å². The number of aryl methyl sites for hydroxylation is 2. The monoisotopic (exact) mass is 286 g/mol. The smallest absolute Gasteiger partial charge is 0.270 e. The molecule has 20 heavy (non-hydrogen) atoms. The molecule has 6 heteroatoms. The van der Waals surface area contributed by atoms with E-state index in [9.17, 15) is 18.0 Å². The Balaban J connectivity index is 2.20. The van der Waals surface area contributed by atoms with E-state index in [-0.39, 0.29) is 25.1 Å². The van der Waals surface area contributed by atoms with Gasteiger partial charge >= 0.3 is 0 Å². The van der Waals surface area contributed by atoms with E-state index in [2.05, 4.69) is 10.6 Å². The molecule has 0 saturated carbocycles. The van der Waals surface area contributed by atoms with Crippen LogP contribution in [-0.4, -0.2) is 31.0 Å². The standard InChI is InChI=1S/C14H17F3N2O/c1-8-5-10(15)6-9(2)12(8)13(20)19-11-7-18-4-3-14(11,16)17/h5-6,11,18H,3-4,7H2,1-2H3,(H,19,20). The first-order chi connectivity index (χ1) is 9.31. The number of piperidine rings is 1. The lowest BCUT2D eigenvalue weighted by Gasteiger charge is -2.32. The van der Waals surface area contributed by atoms with Gasteiger partial charge in [-0.1, -0.05) is 0 Å². The Morgan fingerprint density at radius 2 is 1.95 bits per heavy atom. The van der Waals surface area contributed by atoms with Gasteiger partial charge in [0.05, 0.1) is 0 Å². The summed E-state index contributed by atoms with van der Waals surface area (Å²) in [6.07, 6.45) is -0.306. The normalized spacial score (nSPS) is 21.6. The van der Waals surface area contributed by atoms with Gasteiger partial charge in [0.25, 0.3) is 11.8 Å². The van der Waals surface area contributed by atoms with Gasteiger partial charge in [-0.15, -0.1) is 0 Å². The van der Waals surface area contributed by atoms with Gasteiger partial charge in [-0.05, 0) is 37.1 Å². The van der Waals surface area contributed by atoms with Crippen molar-refractivity contribution in [3.8, 4) is 0 Å². The molecule has 1 heterocycles. The molecule has 1 aromatic carbocycles. The van der Waals surface area contributed by atoms with E-state index < -0.39 is 23.7 Å². The van der Waals surface area contributed by atoms with Crippen molar-refractivity contribution >= 4 is 5.91 Å². The molecule has 1 aliphatic rings. The zero-order valence-electron chi connectivity index (χ0n) is 11.4. The highest BCUT2D eigenvalue weighted by molar-refractivity contribution is 5.97. The van der Waals surface area contributed by atoms with Crippen LogP contribution in [0.2, 0.25) is 0 Å². The molecule has 1 aromatic rings. The van der Waals surface area contributed by atoms with Crippen LogP contribution in [0.4, 0.5) is 13.2 Å². The van der Waals surface area contributed by atoms with Crippen molar-refractivity contribution in [3.05, 3.63) is 34.6 Å². The minimum absolute atomic E-state index is 0.0258. The van der Waals surface area contributed by atoms with E-state index in [0.29, 0.717) is 11.1 Å². The molecule has 0 aliphatic carbocycles. The van der Waals surface area contributed by atoms with E-state index in [1.165, 1.54) is 12.1 Å². The molecular formula is C14H17F3N2O. The van der Waals surface area contributed by atoms with Crippen molar-refractivity contribution < 1.29 is 18.0 Å². The lowest BCUT2D eigenvalue weighted by Crippen LogP contribution is -2.57. The average molecular weight is 286 g/mol. The van der Waals surface area contributed by atoms with E-state index >= 15 is 0 Å². The van der Waals surface area contributed by atoms with Gasteiger partial charge in [0.15, 0.2) is 0 Å². The van der Waals surface area contributed by atoms with Crippen LogP contribution in [0.15, 0.2) is 12.1 Å². The number of amides is 1. The van der Waals surface area contributed by atoms with Gasteiger partial charge in [0.1, 0.15) is 11.9 Å². The van der Waals surface area contributed by atoms with Crippen molar-refractivity contribution in [2.45, 2.75) is 32.2 Å². The Bertz CT molecular complexity index is 508. The molecule has 2 rings (SSSR count). The summed E-state index contributed by atoms with van der Waals surface area (Å²) in [6.45, 7) is 3.43. The number of hydrogen-bond donors (Lipinski definition) is 2. The van der Waals surface area contributed by atoms with Gasteiger partial charge < -0.3 is 10.6 Å². The maximum atomic E-state index is 13.7. The van der Waals surface area contributed by atoms with Gasteiger partial charge in [0.2, 0.25) is 0 Å². The number of rotatable bonds is 2. The van der Waals surface area contributed by atoms with Gasteiger partial charge in [-0.2, -0.15) is 0 Å². The fourth-order valence-electron chi connectivity index (χ4n) is 2.48. The number of carbonyl (C=O) groups excluding carboxylic acids is 1. The third kappa shape index (κ3) is 2.95. The number of alkyl halides is 2. The van der Waals surface area contributed by atoms with Crippen LogP contribution in [0.25, 0.3) is 0 Å². The van der Waals surface area contributed by atoms with Crippen LogP contribution in [0.1, 0.15) is 27.9 Å². The maximum absolute atomic E-state index is 13.7. The molecule has 0 radical (unpaired) electrons. The molecule has 1 unspecified atom stereocenters. The summed E-state index contributed by atoms with van der Waals surface area (Å²) in [5.74, 6) is -3.96. The highest BCUT2D eigenvalue weighted by atomic mass is 19.3. The van der Waals surface area contributed by atoms with Crippen molar-refractivity contribution in [3.63, 3.8) is 0 Å². The van der Waals surface area contributed by atoms with E-state index in [0.717, 1.165) is 0 Å². The number of halogens is 3. The molecule has 1 atom stereocenters. The third-order valence-electron chi connectivity index (χ3n) is 3.52. The third-order valence-corrected chi connectivity index (χ3v) is 3.52. The highest BCUT2D eigenvalue weighted by Gasteiger charge is 2.42. The number of nitrogens with one attached hydrogen (secondary N) is 2. The quantitative estimate of drug-likeness (QED) is 0.875. The van der Waals surface area contributed by atoms with Crippen LogP contribution >= 0.6 is 0 Å². The Morgan fingerprint density at radius 1 is 1.35 bits per heavy atom. The molecule has 0 bridgehead atoms. The van der Waals surface area contributed by atoms with Crippen LogP contribution in [0.3, 0.4) is 0 Å². The van der Waals surface area contributed by atoms with Crippen LogP contribution in [-0.2, 0) is 0 Å². The van der Waals surface area contributed by atoms with Crippen molar-refractivity contribution in [2.75, 3.05) is 13.1 Å². The van der Waals surface area contributed by atoms with Crippen molar-refractivity contribution in [2.24, 2.45) is 0 Å². The molecule has 2 N–H and O–H groups in total. The fraction of sp³-hybridized carbons (Fsp3) is 0.500. The second kappa shape index (κ2) is 5.44. The Hall–Kier alpha value is -1.56. The van der Waals surface area contributed by atoms with Crippen molar-refractivity contribution in [1.82, 2.24) is 10.6 Å². The van der Waals surface area contributed by atoms with Crippen LogP contribution < -0.4 is 10.6 Å². The Kier molecular flexibility index (Phi) is 4.04. The lowest BCUT2D eigenvalue weighted by atomic mass is 9.99. The SMILES string of the molecule is Cc1cc(F)cc(C)c1C(=O)NC1CNCCC1(F)F. The molecule has 1 amide bonds. The summed E-state index contributed by atoms with van der Waals surface area (Å²) in [6, 6.07) is 1.20. The lowest BCUT2D eigenvalue weighted by molar-refractivity contribution is -0.0542. The number of hydrogen-bond acceptors (Lipinski definition) is 2. The first-order valence-electron chi connectivity index (χ1n) is 6.47. The zero-order valence-corrected chi connectivity index (χ0v) is 11.4. The minimum atomic E-state index is -2.93. The van der Waals surface area contributed by atoms with Gasteiger partial charge in [0, 0.05) is 25.1 Å². The van der Waals surface area contributed by atoms with Gasteiger partial charge in [-0.25, -0.2) is 13.2 Å². The zero-order chi connectivity index (χ0) is 14.9. The summed E-state index contributed by atoms with van der Waals surface area (Å²) in [4.78, 5) is 12.2. The van der Waals surface area contributed by atoms with Crippen molar-refractivity contribution in [1.29, 1.82) is 0 Å². The number of benzene rings is 1.